The van der Waals surface area contributed by atoms with Crippen LogP contribution in [0.5, 0.6) is 5.88 Å². The Bertz CT molecular complexity index is 716. The Morgan fingerprint density at radius 2 is 2.00 bits per heavy atom. The summed E-state index contributed by atoms with van der Waals surface area (Å²) in [6.07, 6.45) is 4.09. The molecule has 0 spiro atoms. The highest BCUT2D eigenvalue weighted by Gasteiger charge is 2.15. The first-order valence-corrected chi connectivity index (χ1v) is 8.90. The third-order valence-electron chi connectivity index (χ3n) is 3.75. The first-order valence-electron chi connectivity index (χ1n) is 8.90. The van der Waals surface area contributed by atoms with Gasteiger partial charge in [0.1, 0.15) is 0 Å². The number of fused-ring (bicyclic) bond motifs is 1. The summed E-state index contributed by atoms with van der Waals surface area (Å²) in [5.74, 6) is -0.346. The van der Waals surface area contributed by atoms with Crippen LogP contribution in [0.1, 0.15) is 46.0 Å². The number of carbonyl (C=O) groups excluding carboxylic acids is 2. The Balaban J connectivity index is 1.70. The highest BCUT2D eigenvalue weighted by atomic mass is 16.5. The van der Waals surface area contributed by atoms with Crippen LogP contribution in [0.4, 0.5) is 0 Å². The van der Waals surface area contributed by atoms with E-state index in [9.17, 15) is 9.59 Å². The van der Waals surface area contributed by atoms with Crippen LogP contribution in [-0.4, -0.2) is 46.4 Å². The molecule has 0 radical (unpaired) electrons. The summed E-state index contributed by atoms with van der Waals surface area (Å²) in [7, 11) is 0. The molecule has 0 saturated carbocycles. The first kappa shape index (κ1) is 19.8. The van der Waals surface area contributed by atoms with Gasteiger partial charge in [-0.2, -0.15) is 10.1 Å². The fraction of sp³-hybridized carbons (Fsp3) is 0.556. The number of aromatic amines is 1. The molecule has 0 aliphatic rings. The van der Waals surface area contributed by atoms with Crippen LogP contribution in [0.2, 0.25) is 0 Å². The van der Waals surface area contributed by atoms with Gasteiger partial charge in [0, 0.05) is 24.5 Å². The van der Waals surface area contributed by atoms with E-state index in [1.807, 2.05) is 6.92 Å². The highest BCUT2D eigenvalue weighted by Crippen LogP contribution is 2.16. The molecule has 26 heavy (non-hydrogen) atoms. The van der Waals surface area contributed by atoms with Crippen molar-refractivity contribution in [2.75, 3.05) is 13.2 Å². The number of hydrogen-bond donors (Lipinski definition) is 1. The number of ether oxygens (including phenoxy) is 3. The van der Waals surface area contributed by atoms with E-state index in [-0.39, 0.29) is 36.8 Å². The zero-order valence-corrected chi connectivity index (χ0v) is 15.2. The molecule has 0 fully saturated rings. The molecule has 0 aromatic carbocycles. The number of carbonyl (C=O) groups is 2. The molecule has 0 amide bonds. The Hall–Kier alpha value is -2.48. The lowest BCUT2D eigenvalue weighted by Gasteiger charge is -2.15. The second-order valence-corrected chi connectivity index (χ2v) is 5.76. The Labute approximate surface area is 152 Å². The van der Waals surface area contributed by atoms with Crippen molar-refractivity contribution < 1.29 is 23.8 Å². The lowest BCUT2D eigenvalue weighted by atomic mass is 10.1. The number of nitrogens with zero attached hydrogens (tertiary/aromatic N) is 2. The lowest BCUT2D eigenvalue weighted by Crippen LogP contribution is -2.19. The standard InChI is InChI=1S/C18H25N3O5/c1-3-24-14(11-17(23)25-4-2)7-5-6-8-16(22)26-15-10-9-13-12-19-21-18(13)20-15/h9-10,12,14H,3-8,11H2,1-2H3,(H,19,20,21). The predicted molar refractivity (Wildman–Crippen MR) is 94.7 cm³/mol. The van der Waals surface area contributed by atoms with Gasteiger partial charge in [-0.3, -0.25) is 14.7 Å². The quantitative estimate of drug-likeness (QED) is 0.483. The van der Waals surface area contributed by atoms with Crippen molar-refractivity contribution in [3.05, 3.63) is 18.3 Å². The average Bonchev–Trinajstić information content (AvgIpc) is 3.06. The van der Waals surface area contributed by atoms with E-state index in [2.05, 4.69) is 15.2 Å². The molecule has 1 atom stereocenters. The number of H-pyrrole nitrogens is 1. The van der Waals surface area contributed by atoms with Crippen LogP contribution in [0.3, 0.4) is 0 Å². The molecule has 0 bridgehead atoms. The van der Waals surface area contributed by atoms with Gasteiger partial charge in [-0.1, -0.05) is 6.42 Å². The van der Waals surface area contributed by atoms with E-state index in [0.717, 1.165) is 11.8 Å². The maximum atomic E-state index is 11.9. The van der Waals surface area contributed by atoms with E-state index in [1.165, 1.54) is 0 Å². The van der Waals surface area contributed by atoms with Crippen LogP contribution in [0, 0.1) is 0 Å². The summed E-state index contributed by atoms with van der Waals surface area (Å²) in [6.45, 7) is 4.56. The number of pyridine rings is 1. The normalized spacial score (nSPS) is 12.1. The molecule has 2 aromatic heterocycles. The smallest absolute Gasteiger partial charge is 0.312 e. The summed E-state index contributed by atoms with van der Waals surface area (Å²) >= 11 is 0. The summed E-state index contributed by atoms with van der Waals surface area (Å²) < 4.78 is 15.7. The average molecular weight is 363 g/mol. The number of hydrogen-bond acceptors (Lipinski definition) is 7. The van der Waals surface area contributed by atoms with Crippen molar-refractivity contribution in [1.29, 1.82) is 0 Å². The Morgan fingerprint density at radius 1 is 1.15 bits per heavy atom. The van der Waals surface area contributed by atoms with Crippen LogP contribution < -0.4 is 4.74 Å². The molecule has 8 heteroatoms. The molecule has 1 unspecified atom stereocenters. The molecule has 142 valence electrons. The van der Waals surface area contributed by atoms with Crippen molar-refractivity contribution in [2.24, 2.45) is 0 Å². The second kappa shape index (κ2) is 10.5. The Kier molecular flexibility index (Phi) is 8.01. The van der Waals surface area contributed by atoms with Crippen LogP contribution in [0.25, 0.3) is 11.0 Å². The third-order valence-corrected chi connectivity index (χ3v) is 3.75. The number of rotatable bonds is 11. The monoisotopic (exact) mass is 363 g/mol. The summed E-state index contributed by atoms with van der Waals surface area (Å²) in [6, 6.07) is 3.43. The zero-order valence-electron chi connectivity index (χ0n) is 15.2. The molecule has 0 saturated heterocycles. The minimum atomic E-state index is -0.338. The van der Waals surface area contributed by atoms with Crippen molar-refractivity contribution >= 4 is 23.0 Å². The summed E-state index contributed by atoms with van der Waals surface area (Å²) in [5.41, 5.74) is 0.578. The van der Waals surface area contributed by atoms with E-state index in [4.69, 9.17) is 14.2 Å². The number of esters is 2. The molecule has 2 heterocycles. The van der Waals surface area contributed by atoms with E-state index < -0.39 is 0 Å². The minimum Gasteiger partial charge on any atom is -0.466 e. The van der Waals surface area contributed by atoms with Gasteiger partial charge >= 0.3 is 11.9 Å². The van der Waals surface area contributed by atoms with Crippen molar-refractivity contribution in [1.82, 2.24) is 15.2 Å². The fourth-order valence-electron chi connectivity index (χ4n) is 2.56. The van der Waals surface area contributed by atoms with Crippen LogP contribution in [-0.2, 0) is 19.1 Å². The van der Waals surface area contributed by atoms with Gasteiger partial charge in [-0.05, 0) is 32.8 Å². The fourth-order valence-corrected chi connectivity index (χ4v) is 2.56. The molecular weight excluding hydrogens is 338 g/mol. The molecule has 0 aliphatic heterocycles. The number of nitrogens with one attached hydrogen (secondary N) is 1. The lowest BCUT2D eigenvalue weighted by molar-refractivity contribution is -0.146. The third kappa shape index (κ3) is 6.44. The summed E-state index contributed by atoms with van der Waals surface area (Å²) in [5, 5.41) is 7.46. The highest BCUT2D eigenvalue weighted by molar-refractivity contribution is 5.76. The SMILES string of the molecule is CCOC(=O)CC(CCCCC(=O)Oc1ccc2cn[nH]c2n1)OCC. The maximum Gasteiger partial charge on any atom is 0.312 e. The van der Waals surface area contributed by atoms with E-state index >= 15 is 0 Å². The number of aromatic nitrogens is 3. The predicted octanol–water partition coefficient (Wildman–Crippen LogP) is 2.78. The minimum absolute atomic E-state index is 0.181. The van der Waals surface area contributed by atoms with Crippen LogP contribution in [0.15, 0.2) is 18.3 Å². The molecule has 8 nitrogen and oxygen atoms in total. The van der Waals surface area contributed by atoms with Crippen molar-refractivity contribution in [2.45, 2.75) is 52.1 Å². The molecule has 0 aliphatic carbocycles. The second-order valence-electron chi connectivity index (χ2n) is 5.76. The van der Waals surface area contributed by atoms with E-state index in [1.54, 1.807) is 25.3 Å². The van der Waals surface area contributed by atoms with E-state index in [0.29, 0.717) is 31.7 Å². The van der Waals surface area contributed by atoms with Gasteiger partial charge in [-0.15, -0.1) is 0 Å². The van der Waals surface area contributed by atoms with Gasteiger partial charge < -0.3 is 14.2 Å². The Morgan fingerprint density at radius 3 is 2.77 bits per heavy atom. The largest absolute Gasteiger partial charge is 0.466 e. The zero-order chi connectivity index (χ0) is 18.8. The van der Waals surface area contributed by atoms with Gasteiger partial charge in [0.2, 0.25) is 5.88 Å². The van der Waals surface area contributed by atoms with Gasteiger partial charge in [0.05, 0.1) is 25.3 Å². The van der Waals surface area contributed by atoms with Crippen molar-refractivity contribution in [3.8, 4) is 5.88 Å². The number of unbranched alkanes of at least 4 members (excludes halogenated alkanes) is 1. The van der Waals surface area contributed by atoms with Crippen LogP contribution >= 0.6 is 0 Å². The first-order chi connectivity index (χ1) is 12.6. The maximum absolute atomic E-state index is 11.9. The molecule has 1 N–H and O–H groups in total. The van der Waals surface area contributed by atoms with Crippen molar-refractivity contribution in [3.63, 3.8) is 0 Å². The molecule has 2 rings (SSSR count). The topological polar surface area (TPSA) is 103 Å². The molecular formula is C18H25N3O5. The van der Waals surface area contributed by atoms with Gasteiger partial charge in [0.25, 0.3) is 0 Å². The molecule has 2 aromatic rings. The summed E-state index contributed by atoms with van der Waals surface area (Å²) in [4.78, 5) is 27.7. The van der Waals surface area contributed by atoms with Gasteiger partial charge in [-0.25, -0.2) is 0 Å². The van der Waals surface area contributed by atoms with Gasteiger partial charge in [0.15, 0.2) is 5.65 Å².